The summed E-state index contributed by atoms with van der Waals surface area (Å²) < 4.78 is 5.09. The van der Waals surface area contributed by atoms with Crippen molar-refractivity contribution in [3.05, 3.63) is 0 Å². The molecule has 0 aromatic carbocycles. The summed E-state index contributed by atoms with van der Waals surface area (Å²) >= 11 is 0. The van der Waals surface area contributed by atoms with Gasteiger partial charge in [-0.2, -0.15) is 0 Å². The summed E-state index contributed by atoms with van der Waals surface area (Å²) in [5, 5.41) is 0. The van der Waals surface area contributed by atoms with Crippen LogP contribution in [0, 0.1) is 11.8 Å². The van der Waals surface area contributed by atoms with Crippen LogP contribution >= 0.6 is 12.4 Å². The van der Waals surface area contributed by atoms with Crippen molar-refractivity contribution in [1.29, 1.82) is 0 Å². The van der Waals surface area contributed by atoms with Gasteiger partial charge in [-0.15, -0.1) is 12.4 Å². The maximum Gasteiger partial charge on any atom is 0.239 e. The standard InChI is InChI=1S/C17H35N3O2.ClH/c1-14(2)16(18)17(21)20-10-7-15(8-11-20)6-5-9-19(3)12-13-22-4;/h14-16H,5-13,18H2,1-4H3;1H/t16-;/m0./s1. The highest BCUT2D eigenvalue weighted by Gasteiger charge is 2.27. The Morgan fingerprint density at radius 2 is 1.91 bits per heavy atom. The van der Waals surface area contributed by atoms with E-state index >= 15 is 0 Å². The first-order valence-electron chi connectivity index (χ1n) is 8.67. The fourth-order valence-corrected chi connectivity index (χ4v) is 2.95. The number of hydrogen-bond donors (Lipinski definition) is 1. The number of carbonyl (C=O) groups is 1. The SMILES string of the molecule is COCCN(C)CCCC1CCN(C(=O)[C@@H](N)C(C)C)CC1.Cl. The monoisotopic (exact) mass is 349 g/mol. The van der Waals surface area contributed by atoms with Gasteiger partial charge in [-0.25, -0.2) is 0 Å². The molecule has 138 valence electrons. The minimum atomic E-state index is -0.342. The second-order valence-corrected chi connectivity index (χ2v) is 6.98. The number of ether oxygens (including phenoxy) is 1. The van der Waals surface area contributed by atoms with Crippen LogP contribution < -0.4 is 5.73 Å². The highest BCUT2D eigenvalue weighted by Crippen LogP contribution is 2.22. The molecule has 1 heterocycles. The second-order valence-electron chi connectivity index (χ2n) is 6.98. The number of amides is 1. The number of piperidine rings is 1. The number of carbonyl (C=O) groups excluding carboxylic acids is 1. The summed E-state index contributed by atoms with van der Waals surface area (Å²) in [6.45, 7) is 8.70. The van der Waals surface area contributed by atoms with Gasteiger partial charge in [-0.3, -0.25) is 4.79 Å². The van der Waals surface area contributed by atoms with Crippen LogP contribution in [0.15, 0.2) is 0 Å². The van der Waals surface area contributed by atoms with Crippen LogP contribution in [-0.2, 0) is 9.53 Å². The lowest BCUT2D eigenvalue weighted by atomic mass is 9.91. The summed E-state index contributed by atoms with van der Waals surface area (Å²) in [6, 6.07) is -0.342. The molecule has 2 N–H and O–H groups in total. The quantitative estimate of drug-likeness (QED) is 0.691. The van der Waals surface area contributed by atoms with Crippen molar-refractivity contribution in [3.63, 3.8) is 0 Å². The average molecular weight is 350 g/mol. The molecular weight excluding hydrogens is 314 g/mol. The van der Waals surface area contributed by atoms with Gasteiger partial charge in [0.1, 0.15) is 0 Å². The van der Waals surface area contributed by atoms with Crippen LogP contribution in [0.1, 0.15) is 39.5 Å². The molecule has 0 aromatic heterocycles. The van der Waals surface area contributed by atoms with E-state index in [1.807, 2.05) is 18.7 Å². The van der Waals surface area contributed by atoms with Crippen molar-refractivity contribution in [2.75, 3.05) is 46.9 Å². The first-order chi connectivity index (χ1) is 10.5. The van der Waals surface area contributed by atoms with Crippen LogP contribution in [0.3, 0.4) is 0 Å². The maximum absolute atomic E-state index is 12.2. The molecule has 1 atom stereocenters. The van der Waals surface area contributed by atoms with Crippen molar-refractivity contribution in [3.8, 4) is 0 Å². The molecule has 1 aliphatic rings. The molecule has 1 amide bonds. The van der Waals surface area contributed by atoms with E-state index in [1.165, 1.54) is 12.8 Å². The predicted octanol–water partition coefficient (Wildman–Crippen LogP) is 1.99. The van der Waals surface area contributed by atoms with Gasteiger partial charge in [0.15, 0.2) is 0 Å². The minimum absolute atomic E-state index is 0. The highest BCUT2D eigenvalue weighted by atomic mass is 35.5. The lowest BCUT2D eigenvalue weighted by molar-refractivity contribution is -0.135. The molecule has 1 saturated heterocycles. The predicted molar refractivity (Wildman–Crippen MR) is 98.0 cm³/mol. The molecule has 6 heteroatoms. The van der Waals surface area contributed by atoms with Crippen LogP contribution in [0.2, 0.25) is 0 Å². The van der Waals surface area contributed by atoms with E-state index in [9.17, 15) is 4.79 Å². The topological polar surface area (TPSA) is 58.8 Å². The summed E-state index contributed by atoms with van der Waals surface area (Å²) in [7, 11) is 3.89. The molecule has 0 aliphatic carbocycles. The van der Waals surface area contributed by atoms with Gasteiger partial charge < -0.3 is 20.3 Å². The summed E-state index contributed by atoms with van der Waals surface area (Å²) in [6.07, 6.45) is 4.73. The fraction of sp³-hybridized carbons (Fsp3) is 0.941. The molecule has 1 rings (SSSR count). The lowest BCUT2D eigenvalue weighted by Gasteiger charge is -2.34. The van der Waals surface area contributed by atoms with Gasteiger partial charge in [-0.05, 0) is 51.1 Å². The smallest absolute Gasteiger partial charge is 0.239 e. The lowest BCUT2D eigenvalue weighted by Crippen LogP contribution is -2.49. The van der Waals surface area contributed by atoms with Crippen molar-refractivity contribution < 1.29 is 9.53 Å². The average Bonchev–Trinajstić information content (AvgIpc) is 2.52. The van der Waals surface area contributed by atoms with Gasteiger partial charge in [0.2, 0.25) is 5.91 Å². The third-order valence-electron chi connectivity index (χ3n) is 4.76. The van der Waals surface area contributed by atoms with E-state index in [1.54, 1.807) is 7.11 Å². The second kappa shape index (κ2) is 12.1. The molecule has 1 fully saturated rings. The molecule has 0 unspecified atom stereocenters. The number of likely N-dealkylation sites (tertiary alicyclic amines) is 1. The molecule has 0 bridgehead atoms. The zero-order valence-electron chi connectivity index (χ0n) is 15.3. The minimum Gasteiger partial charge on any atom is -0.383 e. The van der Waals surface area contributed by atoms with E-state index in [-0.39, 0.29) is 30.3 Å². The summed E-state index contributed by atoms with van der Waals surface area (Å²) in [4.78, 5) is 16.5. The zero-order chi connectivity index (χ0) is 16.5. The summed E-state index contributed by atoms with van der Waals surface area (Å²) in [5.41, 5.74) is 5.97. The maximum atomic E-state index is 12.2. The first kappa shape index (κ1) is 22.6. The molecule has 0 spiro atoms. The van der Waals surface area contributed by atoms with Crippen molar-refractivity contribution >= 4 is 18.3 Å². The molecule has 5 nitrogen and oxygen atoms in total. The number of nitrogens with zero attached hydrogens (tertiary/aromatic N) is 2. The zero-order valence-corrected chi connectivity index (χ0v) is 16.1. The highest BCUT2D eigenvalue weighted by molar-refractivity contribution is 5.85. The van der Waals surface area contributed by atoms with Crippen molar-refractivity contribution in [2.24, 2.45) is 17.6 Å². The van der Waals surface area contributed by atoms with Crippen molar-refractivity contribution in [1.82, 2.24) is 9.80 Å². The number of nitrogens with two attached hydrogens (primary N) is 1. The normalized spacial score (nSPS) is 17.4. The van der Waals surface area contributed by atoms with Gasteiger partial charge in [0.05, 0.1) is 12.6 Å². The Kier molecular flexibility index (Phi) is 11.9. The van der Waals surface area contributed by atoms with Crippen LogP contribution in [0.4, 0.5) is 0 Å². The molecule has 0 radical (unpaired) electrons. The Morgan fingerprint density at radius 3 is 2.43 bits per heavy atom. The molecule has 1 aliphatic heterocycles. The Labute approximate surface area is 148 Å². The van der Waals surface area contributed by atoms with Crippen LogP contribution in [0.5, 0.6) is 0 Å². The van der Waals surface area contributed by atoms with E-state index in [2.05, 4.69) is 11.9 Å². The summed E-state index contributed by atoms with van der Waals surface area (Å²) in [5.74, 6) is 1.11. The van der Waals surface area contributed by atoms with Gasteiger partial charge >= 0.3 is 0 Å². The molecular formula is C17H36ClN3O2. The van der Waals surface area contributed by atoms with Crippen molar-refractivity contribution in [2.45, 2.75) is 45.6 Å². The van der Waals surface area contributed by atoms with E-state index in [4.69, 9.17) is 10.5 Å². The third kappa shape index (κ3) is 8.34. The number of hydrogen-bond acceptors (Lipinski definition) is 4. The van der Waals surface area contributed by atoms with E-state index in [0.717, 1.165) is 51.5 Å². The Balaban J connectivity index is 0.00000484. The first-order valence-corrected chi connectivity index (χ1v) is 8.67. The largest absolute Gasteiger partial charge is 0.383 e. The molecule has 23 heavy (non-hydrogen) atoms. The molecule has 0 saturated carbocycles. The number of rotatable bonds is 9. The fourth-order valence-electron chi connectivity index (χ4n) is 2.95. The van der Waals surface area contributed by atoms with Crippen LogP contribution in [0.25, 0.3) is 0 Å². The number of likely N-dealkylation sites (N-methyl/N-ethyl adjacent to an activating group) is 1. The van der Waals surface area contributed by atoms with E-state index < -0.39 is 0 Å². The Hall–Kier alpha value is -0.360. The molecule has 0 aromatic rings. The van der Waals surface area contributed by atoms with Gasteiger partial charge in [0.25, 0.3) is 0 Å². The number of methoxy groups -OCH3 is 1. The Morgan fingerprint density at radius 1 is 1.30 bits per heavy atom. The van der Waals surface area contributed by atoms with Gasteiger partial charge in [0, 0.05) is 26.7 Å². The van der Waals surface area contributed by atoms with Crippen LogP contribution in [-0.4, -0.2) is 68.7 Å². The third-order valence-corrected chi connectivity index (χ3v) is 4.76. The number of halogens is 1. The Bertz CT molecular complexity index is 321. The van der Waals surface area contributed by atoms with E-state index in [0.29, 0.717) is 0 Å². The van der Waals surface area contributed by atoms with Gasteiger partial charge in [-0.1, -0.05) is 13.8 Å².